The second-order valence-corrected chi connectivity index (χ2v) is 4.89. The molecule has 1 N–H and O–H groups in total. The Morgan fingerprint density at radius 2 is 2.17 bits per heavy atom. The highest BCUT2D eigenvalue weighted by Crippen LogP contribution is 2.28. The largest absolute Gasteiger partial charge is 0.478 e. The summed E-state index contributed by atoms with van der Waals surface area (Å²) < 4.78 is 2.56. The van der Waals surface area contributed by atoms with Crippen LogP contribution in [-0.2, 0) is 6.54 Å². The van der Waals surface area contributed by atoms with Crippen molar-refractivity contribution in [3.05, 3.63) is 40.1 Å². The van der Waals surface area contributed by atoms with Crippen LogP contribution in [-0.4, -0.2) is 20.9 Å². The van der Waals surface area contributed by atoms with E-state index in [0.717, 1.165) is 22.3 Å². The maximum atomic E-state index is 11.3. The number of rotatable bonds is 3. The minimum absolute atomic E-state index is 0.281. The monoisotopic (exact) mass is 308 g/mol. The van der Waals surface area contributed by atoms with Gasteiger partial charge in [-0.3, -0.25) is 4.68 Å². The van der Waals surface area contributed by atoms with Crippen LogP contribution < -0.4 is 0 Å². The number of aryl methyl sites for hydroxylation is 2. The third kappa shape index (κ3) is 2.31. The molecule has 0 fully saturated rings. The Labute approximate surface area is 113 Å². The maximum Gasteiger partial charge on any atom is 0.336 e. The predicted molar refractivity (Wildman–Crippen MR) is 72.7 cm³/mol. The van der Waals surface area contributed by atoms with Gasteiger partial charge in [-0.15, -0.1) is 0 Å². The molecule has 0 spiro atoms. The Hall–Kier alpha value is -1.62. The van der Waals surface area contributed by atoms with E-state index >= 15 is 0 Å². The molecule has 1 aromatic carbocycles. The highest BCUT2D eigenvalue weighted by atomic mass is 79.9. The van der Waals surface area contributed by atoms with Crippen molar-refractivity contribution >= 4 is 21.9 Å². The van der Waals surface area contributed by atoms with Crippen molar-refractivity contribution in [1.82, 2.24) is 9.78 Å². The van der Waals surface area contributed by atoms with Crippen LogP contribution in [0.15, 0.2) is 28.9 Å². The third-order valence-corrected chi connectivity index (χ3v) is 3.27. The Kier molecular flexibility index (Phi) is 3.52. The molecule has 4 nitrogen and oxygen atoms in total. The number of aromatic nitrogens is 2. The van der Waals surface area contributed by atoms with E-state index in [0.29, 0.717) is 5.56 Å². The standard InChI is InChI=1S/C13H13BrN2O2/c1-3-16-7-12(8(2)15-16)10-5-4-9(14)6-11(10)13(17)18/h4-7H,3H2,1-2H3,(H,17,18). The van der Waals surface area contributed by atoms with Crippen LogP contribution in [0, 0.1) is 6.92 Å². The van der Waals surface area contributed by atoms with E-state index in [1.54, 1.807) is 16.8 Å². The molecule has 0 atom stereocenters. The molecule has 0 bridgehead atoms. The number of hydrogen-bond donors (Lipinski definition) is 1. The highest BCUT2D eigenvalue weighted by Gasteiger charge is 2.15. The number of halogens is 1. The van der Waals surface area contributed by atoms with Crippen molar-refractivity contribution < 1.29 is 9.90 Å². The zero-order valence-corrected chi connectivity index (χ0v) is 11.7. The van der Waals surface area contributed by atoms with Crippen LogP contribution in [0.3, 0.4) is 0 Å². The van der Waals surface area contributed by atoms with Gasteiger partial charge in [-0.2, -0.15) is 5.10 Å². The van der Waals surface area contributed by atoms with Gasteiger partial charge in [0.2, 0.25) is 0 Å². The van der Waals surface area contributed by atoms with Crippen molar-refractivity contribution in [1.29, 1.82) is 0 Å². The molecule has 0 aliphatic rings. The van der Waals surface area contributed by atoms with Gasteiger partial charge in [-0.25, -0.2) is 4.79 Å². The molecule has 18 heavy (non-hydrogen) atoms. The smallest absolute Gasteiger partial charge is 0.336 e. The van der Waals surface area contributed by atoms with Crippen molar-refractivity contribution in [2.24, 2.45) is 0 Å². The van der Waals surface area contributed by atoms with Gasteiger partial charge >= 0.3 is 5.97 Å². The molecule has 0 radical (unpaired) electrons. The van der Waals surface area contributed by atoms with Crippen LogP contribution in [0.25, 0.3) is 11.1 Å². The van der Waals surface area contributed by atoms with E-state index in [-0.39, 0.29) is 5.56 Å². The summed E-state index contributed by atoms with van der Waals surface area (Å²) in [7, 11) is 0. The molecule has 0 unspecified atom stereocenters. The second kappa shape index (κ2) is 4.94. The van der Waals surface area contributed by atoms with E-state index in [1.165, 1.54) is 0 Å². The molecule has 0 saturated carbocycles. The lowest BCUT2D eigenvalue weighted by Gasteiger charge is -2.05. The molecular formula is C13H13BrN2O2. The summed E-state index contributed by atoms with van der Waals surface area (Å²) in [5.41, 5.74) is 2.68. The van der Waals surface area contributed by atoms with Gasteiger partial charge in [0.05, 0.1) is 11.3 Å². The van der Waals surface area contributed by atoms with Gasteiger partial charge in [0.15, 0.2) is 0 Å². The van der Waals surface area contributed by atoms with Gasteiger partial charge in [-0.1, -0.05) is 22.0 Å². The molecule has 2 aromatic rings. The lowest BCUT2D eigenvalue weighted by molar-refractivity contribution is 0.0697. The summed E-state index contributed by atoms with van der Waals surface area (Å²) in [5.74, 6) is -0.935. The lowest BCUT2D eigenvalue weighted by atomic mass is 10.0. The number of aromatic carboxylic acids is 1. The lowest BCUT2D eigenvalue weighted by Crippen LogP contribution is -1.99. The molecule has 94 valence electrons. The normalized spacial score (nSPS) is 10.6. The van der Waals surface area contributed by atoms with Crippen LogP contribution in [0.5, 0.6) is 0 Å². The Balaban J connectivity index is 2.62. The zero-order chi connectivity index (χ0) is 13.3. The molecule has 5 heteroatoms. The zero-order valence-electron chi connectivity index (χ0n) is 10.1. The summed E-state index contributed by atoms with van der Waals surface area (Å²) in [4.78, 5) is 11.3. The van der Waals surface area contributed by atoms with E-state index in [9.17, 15) is 9.90 Å². The van der Waals surface area contributed by atoms with Crippen LogP contribution in [0.2, 0.25) is 0 Å². The van der Waals surface area contributed by atoms with Crippen molar-refractivity contribution in [2.45, 2.75) is 20.4 Å². The van der Waals surface area contributed by atoms with E-state index in [2.05, 4.69) is 21.0 Å². The molecule has 1 heterocycles. The van der Waals surface area contributed by atoms with Gasteiger partial charge in [0.25, 0.3) is 0 Å². The first-order chi connectivity index (χ1) is 8.52. The van der Waals surface area contributed by atoms with Gasteiger partial charge in [0.1, 0.15) is 0 Å². The van der Waals surface area contributed by atoms with Crippen LogP contribution in [0.1, 0.15) is 23.0 Å². The molecule has 2 rings (SSSR count). The molecule has 0 saturated heterocycles. The van der Waals surface area contributed by atoms with Gasteiger partial charge in [-0.05, 0) is 31.5 Å². The number of carboxylic acid groups (broad SMARTS) is 1. The molecule has 0 aliphatic carbocycles. The topological polar surface area (TPSA) is 55.1 Å². The number of carbonyl (C=O) groups is 1. The molecule has 0 aliphatic heterocycles. The minimum Gasteiger partial charge on any atom is -0.478 e. The van der Waals surface area contributed by atoms with Gasteiger partial charge < -0.3 is 5.11 Å². The average Bonchev–Trinajstić information content (AvgIpc) is 2.70. The highest BCUT2D eigenvalue weighted by molar-refractivity contribution is 9.10. The van der Waals surface area contributed by atoms with Crippen molar-refractivity contribution in [3.8, 4) is 11.1 Å². The number of carboxylic acids is 1. The average molecular weight is 309 g/mol. The van der Waals surface area contributed by atoms with E-state index < -0.39 is 5.97 Å². The fourth-order valence-electron chi connectivity index (χ4n) is 1.87. The van der Waals surface area contributed by atoms with Crippen LogP contribution in [0.4, 0.5) is 0 Å². The van der Waals surface area contributed by atoms with Crippen molar-refractivity contribution in [2.75, 3.05) is 0 Å². The quantitative estimate of drug-likeness (QED) is 0.946. The predicted octanol–water partition coefficient (Wildman–Crippen LogP) is 3.34. The summed E-state index contributed by atoms with van der Waals surface area (Å²) in [6, 6.07) is 5.25. The summed E-state index contributed by atoms with van der Waals surface area (Å²) in [6.07, 6.45) is 1.88. The Morgan fingerprint density at radius 1 is 1.44 bits per heavy atom. The first kappa shape index (κ1) is 12.8. The van der Waals surface area contributed by atoms with Gasteiger partial charge in [0, 0.05) is 22.8 Å². The Morgan fingerprint density at radius 3 is 2.72 bits per heavy atom. The summed E-state index contributed by atoms with van der Waals surface area (Å²) >= 11 is 3.29. The molecule has 0 amide bonds. The first-order valence-corrected chi connectivity index (χ1v) is 6.39. The maximum absolute atomic E-state index is 11.3. The number of benzene rings is 1. The van der Waals surface area contributed by atoms with E-state index in [4.69, 9.17) is 0 Å². The fourth-order valence-corrected chi connectivity index (χ4v) is 2.23. The van der Waals surface area contributed by atoms with Crippen molar-refractivity contribution in [3.63, 3.8) is 0 Å². The summed E-state index contributed by atoms with van der Waals surface area (Å²) in [5, 5.41) is 13.6. The first-order valence-electron chi connectivity index (χ1n) is 5.60. The second-order valence-electron chi connectivity index (χ2n) is 3.98. The minimum atomic E-state index is -0.935. The summed E-state index contributed by atoms with van der Waals surface area (Å²) in [6.45, 7) is 4.64. The SMILES string of the molecule is CCn1cc(-c2ccc(Br)cc2C(=O)O)c(C)n1. The number of hydrogen-bond acceptors (Lipinski definition) is 2. The Bertz CT molecular complexity index is 605. The number of nitrogens with zero attached hydrogens (tertiary/aromatic N) is 2. The van der Waals surface area contributed by atoms with E-state index in [1.807, 2.05) is 26.1 Å². The third-order valence-electron chi connectivity index (χ3n) is 2.77. The van der Waals surface area contributed by atoms with Crippen LogP contribution >= 0.6 is 15.9 Å². The molecular weight excluding hydrogens is 296 g/mol. The fraction of sp³-hybridized carbons (Fsp3) is 0.231. The molecule has 1 aromatic heterocycles.